The van der Waals surface area contributed by atoms with E-state index in [-0.39, 0.29) is 29.3 Å². The van der Waals surface area contributed by atoms with Crippen molar-refractivity contribution in [3.05, 3.63) is 35.6 Å². The molecule has 3 nitrogen and oxygen atoms in total. The van der Waals surface area contributed by atoms with Crippen LogP contribution in [0, 0.1) is 11.7 Å². The molecule has 4 heteroatoms. The summed E-state index contributed by atoms with van der Waals surface area (Å²) in [5, 5.41) is 0. The number of halogens is 1. The fourth-order valence-electron chi connectivity index (χ4n) is 2.72. The van der Waals surface area contributed by atoms with Gasteiger partial charge in [-0.15, -0.1) is 0 Å². The van der Waals surface area contributed by atoms with E-state index in [2.05, 4.69) is 0 Å². The Bertz CT molecular complexity index is 515. The van der Waals surface area contributed by atoms with Gasteiger partial charge in [0, 0.05) is 12.5 Å². The Labute approximate surface area is 126 Å². The van der Waals surface area contributed by atoms with E-state index in [4.69, 9.17) is 4.74 Å². The van der Waals surface area contributed by atoms with Gasteiger partial charge in [0.2, 0.25) is 5.91 Å². The number of morpholine rings is 1. The van der Waals surface area contributed by atoms with Crippen LogP contribution < -0.4 is 0 Å². The standard InChI is InChI=1S/C17H24FNO2/c1-12(9-14-7-5-6-8-15(14)18)16(20)19-10-13(2)21-11-17(19,3)4/h5-8,12-13H,9-11H2,1-4H3. The van der Waals surface area contributed by atoms with Crippen LogP contribution in [0.1, 0.15) is 33.3 Å². The summed E-state index contributed by atoms with van der Waals surface area (Å²) in [5.74, 6) is -0.420. The highest BCUT2D eigenvalue weighted by molar-refractivity contribution is 5.79. The first-order valence-corrected chi connectivity index (χ1v) is 7.48. The van der Waals surface area contributed by atoms with Crippen molar-refractivity contribution in [2.45, 2.75) is 45.8 Å². The zero-order valence-corrected chi connectivity index (χ0v) is 13.2. The minimum Gasteiger partial charge on any atom is -0.374 e. The Morgan fingerprint density at radius 1 is 1.48 bits per heavy atom. The monoisotopic (exact) mass is 293 g/mol. The zero-order valence-electron chi connectivity index (χ0n) is 13.2. The molecule has 2 unspecified atom stereocenters. The highest BCUT2D eigenvalue weighted by Gasteiger charge is 2.38. The summed E-state index contributed by atoms with van der Waals surface area (Å²) in [6.07, 6.45) is 0.468. The first-order valence-electron chi connectivity index (χ1n) is 7.48. The van der Waals surface area contributed by atoms with Gasteiger partial charge in [0.15, 0.2) is 0 Å². The molecule has 0 spiro atoms. The molecule has 1 aliphatic rings. The Morgan fingerprint density at radius 2 is 2.14 bits per heavy atom. The van der Waals surface area contributed by atoms with Gasteiger partial charge in [-0.3, -0.25) is 4.79 Å². The van der Waals surface area contributed by atoms with E-state index in [0.717, 1.165) is 0 Å². The lowest BCUT2D eigenvalue weighted by atomic mass is 9.94. The minimum atomic E-state index is -0.312. The Morgan fingerprint density at radius 3 is 2.81 bits per heavy atom. The number of nitrogens with zero attached hydrogens (tertiary/aromatic N) is 1. The molecule has 1 aromatic rings. The molecule has 1 aromatic carbocycles. The molecule has 0 aromatic heterocycles. The number of carbonyl (C=O) groups excluding carboxylic acids is 1. The molecular weight excluding hydrogens is 269 g/mol. The highest BCUT2D eigenvalue weighted by Crippen LogP contribution is 2.25. The lowest BCUT2D eigenvalue weighted by Gasteiger charge is -2.45. The molecule has 1 heterocycles. The van der Waals surface area contributed by atoms with Gasteiger partial charge in [-0.1, -0.05) is 25.1 Å². The molecule has 1 fully saturated rings. The van der Waals surface area contributed by atoms with Gasteiger partial charge in [0.25, 0.3) is 0 Å². The third kappa shape index (κ3) is 3.62. The number of carbonyl (C=O) groups is 1. The average Bonchev–Trinajstić information content (AvgIpc) is 2.43. The van der Waals surface area contributed by atoms with Gasteiger partial charge in [0.1, 0.15) is 5.82 Å². The summed E-state index contributed by atoms with van der Waals surface area (Å²) in [6, 6.07) is 6.65. The van der Waals surface area contributed by atoms with E-state index in [9.17, 15) is 9.18 Å². The fourth-order valence-corrected chi connectivity index (χ4v) is 2.72. The number of hydrogen-bond donors (Lipinski definition) is 0. The van der Waals surface area contributed by atoms with E-state index < -0.39 is 0 Å². The van der Waals surface area contributed by atoms with Crippen molar-refractivity contribution < 1.29 is 13.9 Å². The first-order chi connectivity index (χ1) is 9.81. The highest BCUT2D eigenvalue weighted by atomic mass is 19.1. The van der Waals surface area contributed by atoms with Gasteiger partial charge < -0.3 is 9.64 Å². The Hall–Kier alpha value is -1.42. The van der Waals surface area contributed by atoms with Crippen molar-refractivity contribution in [3.8, 4) is 0 Å². The van der Waals surface area contributed by atoms with E-state index in [0.29, 0.717) is 25.1 Å². The van der Waals surface area contributed by atoms with E-state index >= 15 is 0 Å². The predicted molar refractivity (Wildman–Crippen MR) is 80.5 cm³/mol. The zero-order chi connectivity index (χ0) is 15.6. The van der Waals surface area contributed by atoms with Crippen molar-refractivity contribution in [2.24, 2.45) is 5.92 Å². The molecule has 1 saturated heterocycles. The van der Waals surface area contributed by atoms with Crippen LogP contribution in [0.15, 0.2) is 24.3 Å². The minimum absolute atomic E-state index is 0.0441. The van der Waals surface area contributed by atoms with Crippen LogP contribution >= 0.6 is 0 Å². The van der Waals surface area contributed by atoms with Crippen LogP contribution in [0.2, 0.25) is 0 Å². The van der Waals surface area contributed by atoms with Crippen LogP contribution in [0.4, 0.5) is 4.39 Å². The van der Waals surface area contributed by atoms with Crippen molar-refractivity contribution >= 4 is 5.91 Å². The van der Waals surface area contributed by atoms with Crippen molar-refractivity contribution in [1.29, 1.82) is 0 Å². The molecule has 0 bridgehead atoms. The predicted octanol–water partition coefficient (Wildman–Crippen LogP) is 3.03. The third-order valence-corrected chi connectivity index (χ3v) is 4.06. The maximum Gasteiger partial charge on any atom is 0.226 e. The van der Waals surface area contributed by atoms with E-state index in [1.165, 1.54) is 6.07 Å². The van der Waals surface area contributed by atoms with Crippen LogP contribution in [-0.4, -0.2) is 35.6 Å². The van der Waals surface area contributed by atoms with E-state index in [1.54, 1.807) is 18.2 Å². The lowest BCUT2D eigenvalue weighted by molar-refractivity contribution is -0.156. The fraction of sp³-hybridized carbons (Fsp3) is 0.588. The van der Waals surface area contributed by atoms with Gasteiger partial charge in [-0.25, -0.2) is 4.39 Å². The smallest absolute Gasteiger partial charge is 0.226 e. The molecule has 0 aliphatic carbocycles. The average molecular weight is 293 g/mol. The molecule has 1 amide bonds. The van der Waals surface area contributed by atoms with Crippen molar-refractivity contribution in [3.63, 3.8) is 0 Å². The normalized spacial score (nSPS) is 22.9. The summed E-state index contributed by atoms with van der Waals surface area (Å²) in [5.41, 5.74) is 0.282. The summed E-state index contributed by atoms with van der Waals surface area (Å²) in [6.45, 7) is 8.97. The summed E-state index contributed by atoms with van der Waals surface area (Å²) in [7, 11) is 0. The topological polar surface area (TPSA) is 29.5 Å². The lowest BCUT2D eigenvalue weighted by Crippen LogP contribution is -2.59. The molecule has 2 rings (SSSR count). The van der Waals surface area contributed by atoms with Gasteiger partial charge >= 0.3 is 0 Å². The van der Waals surface area contributed by atoms with Crippen molar-refractivity contribution in [1.82, 2.24) is 4.90 Å². The summed E-state index contributed by atoms with van der Waals surface area (Å²) in [4.78, 5) is 14.6. The van der Waals surface area contributed by atoms with E-state index in [1.807, 2.05) is 32.6 Å². The number of amides is 1. The molecular formula is C17H24FNO2. The number of ether oxygens (including phenoxy) is 1. The Kier molecular flexibility index (Phi) is 4.67. The molecule has 0 N–H and O–H groups in total. The van der Waals surface area contributed by atoms with Gasteiger partial charge in [-0.05, 0) is 38.8 Å². The first kappa shape index (κ1) is 16.0. The quantitative estimate of drug-likeness (QED) is 0.857. The van der Waals surface area contributed by atoms with Crippen LogP contribution in [-0.2, 0) is 16.0 Å². The van der Waals surface area contributed by atoms with Crippen molar-refractivity contribution in [2.75, 3.05) is 13.2 Å². The molecule has 2 atom stereocenters. The van der Waals surface area contributed by atoms with Crippen LogP contribution in [0.5, 0.6) is 0 Å². The third-order valence-electron chi connectivity index (χ3n) is 4.06. The molecule has 116 valence electrons. The largest absolute Gasteiger partial charge is 0.374 e. The Balaban J connectivity index is 2.09. The maximum atomic E-state index is 13.7. The number of benzene rings is 1. The summed E-state index contributed by atoms with van der Waals surface area (Å²) >= 11 is 0. The van der Waals surface area contributed by atoms with Crippen LogP contribution in [0.3, 0.4) is 0 Å². The van der Waals surface area contributed by atoms with Crippen LogP contribution in [0.25, 0.3) is 0 Å². The molecule has 0 radical (unpaired) electrons. The number of rotatable bonds is 3. The van der Waals surface area contributed by atoms with Gasteiger partial charge in [-0.2, -0.15) is 0 Å². The molecule has 1 aliphatic heterocycles. The maximum absolute atomic E-state index is 13.7. The summed E-state index contributed by atoms with van der Waals surface area (Å²) < 4.78 is 19.4. The SMILES string of the molecule is CC1CN(C(=O)C(C)Cc2ccccc2F)C(C)(C)CO1. The second-order valence-electron chi connectivity index (χ2n) is 6.58. The second kappa shape index (κ2) is 6.14. The molecule has 0 saturated carbocycles. The number of hydrogen-bond acceptors (Lipinski definition) is 2. The second-order valence-corrected chi connectivity index (χ2v) is 6.58. The molecule has 21 heavy (non-hydrogen) atoms. The van der Waals surface area contributed by atoms with Gasteiger partial charge in [0.05, 0.1) is 18.2 Å².